The maximum Gasteiger partial charge on any atom is 0.0234 e. The molecular formula is C17H26N2. The van der Waals surface area contributed by atoms with Gasteiger partial charge < -0.3 is 0 Å². The summed E-state index contributed by atoms with van der Waals surface area (Å²) in [4.78, 5) is 5.12. The fourth-order valence-corrected chi connectivity index (χ4v) is 2.62. The molecule has 0 spiro atoms. The highest BCUT2D eigenvalue weighted by Crippen LogP contribution is 2.12. The van der Waals surface area contributed by atoms with E-state index in [0.717, 1.165) is 6.54 Å². The molecule has 1 aliphatic rings. The van der Waals surface area contributed by atoms with Crippen molar-refractivity contribution in [3.05, 3.63) is 41.5 Å². The van der Waals surface area contributed by atoms with Gasteiger partial charge >= 0.3 is 0 Å². The number of rotatable bonds is 4. The van der Waals surface area contributed by atoms with Crippen LogP contribution in [0.1, 0.15) is 31.9 Å². The smallest absolute Gasteiger partial charge is 0.0234 e. The van der Waals surface area contributed by atoms with E-state index in [1.165, 1.54) is 37.3 Å². The molecule has 0 radical (unpaired) electrons. The van der Waals surface area contributed by atoms with Gasteiger partial charge in [-0.2, -0.15) is 0 Å². The molecule has 0 bridgehead atoms. The lowest BCUT2D eigenvalue weighted by Crippen LogP contribution is -2.48. The molecule has 1 aliphatic heterocycles. The molecule has 0 saturated carbocycles. The van der Waals surface area contributed by atoms with Crippen molar-refractivity contribution in [2.45, 2.75) is 33.4 Å². The van der Waals surface area contributed by atoms with E-state index in [1.54, 1.807) is 0 Å². The first-order valence-electron chi connectivity index (χ1n) is 7.37. The van der Waals surface area contributed by atoms with Crippen molar-refractivity contribution < 1.29 is 0 Å². The second-order valence-electron chi connectivity index (χ2n) is 5.65. The van der Waals surface area contributed by atoms with E-state index >= 15 is 0 Å². The molecule has 1 aromatic carbocycles. The minimum absolute atomic E-state index is 0.683. The summed E-state index contributed by atoms with van der Waals surface area (Å²) >= 11 is 0. The quantitative estimate of drug-likeness (QED) is 0.818. The first kappa shape index (κ1) is 14.3. The summed E-state index contributed by atoms with van der Waals surface area (Å²) in [6.07, 6.45) is 4.23. The molecule has 104 valence electrons. The van der Waals surface area contributed by atoms with E-state index in [9.17, 15) is 0 Å². The fourth-order valence-electron chi connectivity index (χ4n) is 2.62. The maximum atomic E-state index is 2.56. The predicted octanol–water partition coefficient (Wildman–Crippen LogP) is 3.25. The normalized spacial score (nSPS) is 18.5. The lowest BCUT2D eigenvalue weighted by atomic mass is 10.1. The summed E-state index contributed by atoms with van der Waals surface area (Å²) in [7, 11) is 0. The van der Waals surface area contributed by atoms with Gasteiger partial charge in [-0.25, -0.2) is 0 Å². The number of piperazine rings is 1. The van der Waals surface area contributed by atoms with Crippen molar-refractivity contribution in [1.29, 1.82) is 0 Å². The minimum atomic E-state index is 0.683. The van der Waals surface area contributed by atoms with Crippen LogP contribution in [0.15, 0.2) is 30.3 Å². The predicted molar refractivity (Wildman–Crippen MR) is 83.1 cm³/mol. The third-order valence-corrected chi connectivity index (χ3v) is 3.88. The Hall–Kier alpha value is -1.12. The van der Waals surface area contributed by atoms with Gasteiger partial charge in [0.15, 0.2) is 0 Å². The topological polar surface area (TPSA) is 6.48 Å². The highest BCUT2D eigenvalue weighted by atomic mass is 15.3. The third kappa shape index (κ3) is 4.19. The molecule has 1 aromatic rings. The SMILES string of the molecule is CC=Cc1ccc(CN2CCN(C(C)C)CC2)cc1. The third-order valence-electron chi connectivity index (χ3n) is 3.88. The molecule has 1 fully saturated rings. The van der Waals surface area contributed by atoms with Gasteiger partial charge in [-0.05, 0) is 31.9 Å². The number of nitrogens with zero attached hydrogens (tertiary/aromatic N) is 2. The highest BCUT2D eigenvalue weighted by Gasteiger charge is 2.18. The van der Waals surface area contributed by atoms with E-state index < -0.39 is 0 Å². The van der Waals surface area contributed by atoms with Crippen molar-refractivity contribution in [3.63, 3.8) is 0 Å². The summed E-state index contributed by atoms with van der Waals surface area (Å²) in [5.41, 5.74) is 2.71. The zero-order chi connectivity index (χ0) is 13.7. The van der Waals surface area contributed by atoms with Crippen molar-refractivity contribution in [2.24, 2.45) is 0 Å². The minimum Gasteiger partial charge on any atom is -0.298 e. The number of hydrogen-bond acceptors (Lipinski definition) is 2. The average Bonchev–Trinajstić information content (AvgIpc) is 2.42. The van der Waals surface area contributed by atoms with Crippen LogP contribution in [0.3, 0.4) is 0 Å². The Kier molecular flexibility index (Phi) is 5.17. The Bertz CT molecular complexity index is 398. The molecule has 0 unspecified atom stereocenters. The van der Waals surface area contributed by atoms with Gasteiger partial charge in [0.05, 0.1) is 0 Å². The van der Waals surface area contributed by atoms with Crippen molar-refractivity contribution in [3.8, 4) is 0 Å². The Morgan fingerprint density at radius 3 is 2.21 bits per heavy atom. The molecule has 0 aliphatic carbocycles. The molecule has 0 atom stereocenters. The maximum absolute atomic E-state index is 2.56. The molecule has 1 heterocycles. The molecule has 2 nitrogen and oxygen atoms in total. The van der Waals surface area contributed by atoms with E-state index in [2.05, 4.69) is 67.0 Å². The fraction of sp³-hybridized carbons (Fsp3) is 0.529. The Labute approximate surface area is 117 Å². The van der Waals surface area contributed by atoms with Crippen LogP contribution in [-0.2, 0) is 6.54 Å². The molecule has 19 heavy (non-hydrogen) atoms. The van der Waals surface area contributed by atoms with Crippen LogP contribution in [0, 0.1) is 0 Å². The average molecular weight is 258 g/mol. The molecule has 0 aromatic heterocycles. The molecule has 1 saturated heterocycles. The highest BCUT2D eigenvalue weighted by molar-refractivity contribution is 5.49. The first-order valence-corrected chi connectivity index (χ1v) is 7.37. The van der Waals surface area contributed by atoms with Crippen molar-refractivity contribution in [2.75, 3.05) is 26.2 Å². The van der Waals surface area contributed by atoms with Crippen molar-refractivity contribution in [1.82, 2.24) is 9.80 Å². The van der Waals surface area contributed by atoms with Crippen LogP contribution in [0.5, 0.6) is 0 Å². The second kappa shape index (κ2) is 6.88. The largest absolute Gasteiger partial charge is 0.298 e. The summed E-state index contributed by atoms with van der Waals surface area (Å²) in [6, 6.07) is 9.61. The summed E-state index contributed by atoms with van der Waals surface area (Å²) < 4.78 is 0. The van der Waals surface area contributed by atoms with Crippen LogP contribution < -0.4 is 0 Å². The molecule has 0 amide bonds. The van der Waals surface area contributed by atoms with Gasteiger partial charge in [0, 0.05) is 38.8 Å². The lowest BCUT2D eigenvalue weighted by molar-refractivity contribution is 0.104. The van der Waals surface area contributed by atoms with Crippen LogP contribution in [0.25, 0.3) is 6.08 Å². The zero-order valence-corrected chi connectivity index (χ0v) is 12.5. The molecular weight excluding hydrogens is 232 g/mol. The van der Waals surface area contributed by atoms with Gasteiger partial charge in [0.2, 0.25) is 0 Å². The van der Waals surface area contributed by atoms with E-state index in [-0.39, 0.29) is 0 Å². The van der Waals surface area contributed by atoms with Gasteiger partial charge in [-0.3, -0.25) is 9.80 Å². The number of allylic oxidation sites excluding steroid dienone is 1. The summed E-state index contributed by atoms with van der Waals surface area (Å²) in [6.45, 7) is 12.5. The second-order valence-corrected chi connectivity index (χ2v) is 5.65. The Morgan fingerprint density at radius 1 is 1.05 bits per heavy atom. The Balaban J connectivity index is 1.85. The molecule has 2 rings (SSSR count). The van der Waals surface area contributed by atoms with Crippen LogP contribution in [-0.4, -0.2) is 42.0 Å². The Morgan fingerprint density at radius 2 is 1.68 bits per heavy atom. The lowest BCUT2D eigenvalue weighted by Gasteiger charge is -2.36. The standard InChI is InChI=1S/C17H26N2/c1-4-5-16-6-8-17(9-7-16)14-18-10-12-19(13-11-18)15(2)3/h4-9,15H,10-14H2,1-3H3. The van der Waals surface area contributed by atoms with Gasteiger partial charge in [0.1, 0.15) is 0 Å². The van der Waals surface area contributed by atoms with Crippen LogP contribution in [0.4, 0.5) is 0 Å². The molecule has 2 heteroatoms. The van der Waals surface area contributed by atoms with Crippen molar-refractivity contribution >= 4 is 6.08 Å². The monoisotopic (exact) mass is 258 g/mol. The molecule has 0 N–H and O–H groups in total. The van der Waals surface area contributed by atoms with Gasteiger partial charge in [0.25, 0.3) is 0 Å². The van der Waals surface area contributed by atoms with E-state index in [1.807, 2.05) is 0 Å². The summed E-state index contributed by atoms with van der Waals surface area (Å²) in [5.74, 6) is 0. The zero-order valence-electron chi connectivity index (χ0n) is 12.5. The van der Waals surface area contributed by atoms with Gasteiger partial charge in [-0.1, -0.05) is 36.4 Å². The first-order chi connectivity index (χ1) is 9.19. The van der Waals surface area contributed by atoms with E-state index in [4.69, 9.17) is 0 Å². The van der Waals surface area contributed by atoms with E-state index in [0.29, 0.717) is 6.04 Å². The summed E-state index contributed by atoms with van der Waals surface area (Å²) in [5, 5.41) is 0. The van der Waals surface area contributed by atoms with Crippen LogP contribution in [0.2, 0.25) is 0 Å². The van der Waals surface area contributed by atoms with Crippen LogP contribution >= 0.6 is 0 Å². The van der Waals surface area contributed by atoms with Gasteiger partial charge in [-0.15, -0.1) is 0 Å². The number of hydrogen-bond donors (Lipinski definition) is 0. The number of benzene rings is 1.